The van der Waals surface area contributed by atoms with Crippen molar-refractivity contribution in [1.82, 2.24) is 15.5 Å². The first-order chi connectivity index (χ1) is 9.50. The molecule has 0 unspecified atom stereocenters. The Labute approximate surface area is 113 Å². The number of hydrogen-bond acceptors (Lipinski definition) is 4. The molecule has 0 aliphatic carbocycles. The molecule has 0 radical (unpaired) electrons. The van der Waals surface area contributed by atoms with Gasteiger partial charge in [-0.25, -0.2) is 0 Å². The van der Waals surface area contributed by atoms with Crippen molar-refractivity contribution in [2.75, 3.05) is 7.05 Å². The molecule has 0 atom stereocenters. The maximum Gasteiger partial charge on any atom is 0.435 e. The molecule has 4 nitrogen and oxygen atoms in total. The first kappa shape index (κ1) is 14.3. The van der Waals surface area contributed by atoms with Gasteiger partial charge >= 0.3 is 6.18 Å². The smallest absolute Gasteiger partial charge is 0.435 e. The first-order valence-electron chi connectivity index (χ1n) is 5.82. The Morgan fingerprint density at radius 2 is 1.85 bits per heavy atom. The molecule has 7 heteroatoms. The molecule has 0 saturated heterocycles. The van der Waals surface area contributed by atoms with Crippen LogP contribution in [0.3, 0.4) is 0 Å². The van der Waals surface area contributed by atoms with Gasteiger partial charge in [0.1, 0.15) is 5.75 Å². The van der Waals surface area contributed by atoms with Crippen LogP contribution in [-0.2, 0) is 12.7 Å². The fourth-order valence-corrected chi connectivity index (χ4v) is 1.58. The Morgan fingerprint density at radius 3 is 2.45 bits per heavy atom. The summed E-state index contributed by atoms with van der Waals surface area (Å²) in [6.45, 7) is 0.574. The number of benzene rings is 1. The van der Waals surface area contributed by atoms with Gasteiger partial charge in [0.05, 0.1) is 0 Å². The summed E-state index contributed by atoms with van der Waals surface area (Å²) in [4.78, 5) is 0. The molecule has 2 aromatic rings. The van der Waals surface area contributed by atoms with Crippen LogP contribution in [0.1, 0.15) is 11.3 Å². The van der Waals surface area contributed by atoms with Crippen molar-refractivity contribution in [2.24, 2.45) is 0 Å². The number of hydrogen-bond donors (Lipinski definition) is 1. The second-order valence-corrected chi connectivity index (χ2v) is 3.99. The van der Waals surface area contributed by atoms with E-state index in [1.54, 1.807) is 19.2 Å². The van der Waals surface area contributed by atoms with Crippen LogP contribution < -0.4 is 10.1 Å². The van der Waals surface area contributed by atoms with Crippen LogP contribution in [0.25, 0.3) is 0 Å². The van der Waals surface area contributed by atoms with E-state index in [1.165, 1.54) is 0 Å². The lowest BCUT2D eigenvalue weighted by Crippen LogP contribution is -2.09. The highest BCUT2D eigenvalue weighted by molar-refractivity contribution is 5.35. The standard InChI is InChI=1S/C13H12F3N3O/c1-17-8-9-4-2-3-5-10(9)20-12-7-6-11(18-19-12)13(14,15)16/h2-7,17H,8H2,1H3. The van der Waals surface area contributed by atoms with Crippen molar-refractivity contribution in [3.05, 3.63) is 47.7 Å². The number of rotatable bonds is 4. The van der Waals surface area contributed by atoms with Crippen molar-refractivity contribution in [3.63, 3.8) is 0 Å². The number of halogens is 3. The zero-order valence-electron chi connectivity index (χ0n) is 10.6. The average Bonchev–Trinajstić information content (AvgIpc) is 2.41. The average molecular weight is 283 g/mol. The molecule has 1 N–H and O–H groups in total. The van der Waals surface area contributed by atoms with Crippen molar-refractivity contribution in [3.8, 4) is 11.6 Å². The van der Waals surface area contributed by atoms with Gasteiger partial charge in [0, 0.05) is 18.2 Å². The monoisotopic (exact) mass is 283 g/mol. The van der Waals surface area contributed by atoms with Gasteiger partial charge in [-0.1, -0.05) is 18.2 Å². The molecule has 106 valence electrons. The van der Waals surface area contributed by atoms with Crippen LogP contribution in [0.2, 0.25) is 0 Å². The molecule has 1 aromatic heterocycles. The van der Waals surface area contributed by atoms with E-state index in [9.17, 15) is 13.2 Å². The minimum Gasteiger partial charge on any atom is -0.437 e. The van der Waals surface area contributed by atoms with E-state index < -0.39 is 11.9 Å². The Bertz CT molecular complexity index is 570. The van der Waals surface area contributed by atoms with Crippen molar-refractivity contribution in [2.45, 2.75) is 12.7 Å². The molecule has 0 bridgehead atoms. The summed E-state index contributed by atoms with van der Waals surface area (Å²) in [5, 5.41) is 9.51. The summed E-state index contributed by atoms with van der Waals surface area (Å²) in [6, 6.07) is 9.16. The second kappa shape index (κ2) is 5.87. The maximum atomic E-state index is 12.4. The zero-order valence-corrected chi connectivity index (χ0v) is 10.6. The fourth-order valence-electron chi connectivity index (χ4n) is 1.58. The van der Waals surface area contributed by atoms with Crippen LogP contribution in [-0.4, -0.2) is 17.2 Å². The normalized spacial score (nSPS) is 11.4. The molecule has 2 rings (SSSR count). The number of aromatic nitrogens is 2. The highest BCUT2D eigenvalue weighted by Crippen LogP contribution is 2.28. The molecule has 0 amide bonds. The second-order valence-electron chi connectivity index (χ2n) is 3.99. The SMILES string of the molecule is CNCc1ccccc1Oc1ccc(C(F)(F)F)nn1. The van der Waals surface area contributed by atoms with Crippen LogP contribution in [0.5, 0.6) is 11.6 Å². The minimum atomic E-state index is -4.50. The van der Waals surface area contributed by atoms with Crippen LogP contribution >= 0.6 is 0 Å². The lowest BCUT2D eigenvalue weighted by atomic mass is 10.2. The molecule has 1 heterocycles. The molecule has 1 aromatic carbocycles. The van der Waals surface area contributed by atoms with E-state index >= 15 is 0 Å². The molecule has 0 spiro atoms. The highest BCUT2D eigenvalue weighted by Gasteiger charge is 2.33. The number of nitrogens with one attached hydrogen (secondary N) is 1. The topological polar surface area (TPSA) is 47.0 Å². The molecule has 0 aliphatic heterocycles. The minimum absolute atomic E-state index is 0.0153. The predicted molar refractivity (Wildman–Crippen MR) is 66.3 cm³/mol. The highest BCUT2D eigenvalue weighted by atomic mass is 19.4. The Kier molecular flexibility index (Phi) is 4.19. The van der Waals surface area contributed by atoms with Crippen molar-refractivity contribution < 1.29 is 17.9 Å². The third-order valence-corrected chi connectivity index (χ3v) is 2.48. The van der Waals surface area contributed by atoms with Gasteiger partial charge in [-0.3, -0.25) is 0 Å². The van der Waals surface area contributed by atoms with Gasteiger partial charge < -0.3 is 10.1 Å². The maximum absolute atomic E-state index is 12.4. The van der Waals surface area contributed by atoms with Crippen LogP contribution in [0.4, 0.5) is 13.2 Å². The number of nitrogens with zero attached hydrogens (tertiary/aromatic N) is 2. The van der Waals surface area contributed by atoms with Crippen molar-refractivity contribution >= 4 is 0 Å². The summed E-state index contributed by atoms with van der Waals surface area (Å²) in [5.74, 6) is 0.539. The number of para-hydroxylation sites is 1. The van der Waals surface area contributed by atoms with Gasteiger partial charge in [-0.05, 0) is 19.2 Å². The number of ether oxygens (including phenoxy) is 1. The predicted octanol–water partition coefficient (Wildman–Crippen LogP) is 3.01. The van der Waals surface area contributed by atoms with Gasteiger partial charge in [0.2, 0.25) is 5.88 Å². The van der Waals surface area contributed by atoms with E-state index in [1.807, 2.05) is 12.1 Å². The van der Waals surface area contributed by atoms with E-state index in [2.05, 4.69) is 15.5 Å². The van der Waals surface area contributed by atoms with Crippen LogP contribution in [0, 0.1) is 0 Å². The fraction of sp³-hybridized carbons (Fsp3) is 0.231. The first-order valence-corrected chi connectivity index (χ1v) is 5.82. The summed E-state index contributed by atoms with van der Waals surface area (Å²) in [6.07, 6.45) is -4.50. The summed E-state index contributed by atoms with van der Waals surface area (Å²) < 4.78 is 42.5. The van der Waals surface area contributed by atoms with Gasteiger partial charge in [0.15, 0.2) is 5.69 Å². The number of alkyl halides is 3. The summed E-state index contributed by atoms with van der Waals surface area (Å²) in [5.41, 5.74) is -0.176. The summed E-state index contributed by atoms with van der Waals surface area (Å²) in [7, 11) is 1.79. The van der Waals surface area contributed by atoms with E-state index in [0.717, 1.165) is 17.7 Å². The van der Waals surface area contributed by atoms with Gasteiger partial charge in [-0.2, -0.15) is 13.2 Å². The Hall–Kier alpha value is -2.15. The molecule has 0 fully saturated rings. The van der Waals surface area contributed by atoms with Crippen LogP contribution in [0.15, 0.2) is 36.4 Å². The van der Waals surface area contributed by atoms with E-state index in [-0.39, 0.29) is 5.88 Å². The lowest BCUT2D eigenvalue weighted by Gasteiger charge is -2.10. The molecular formula is C13H12F3N3O. The summed E-state index contributed by atoms with van der Waals surface area (Å²) >= 11 is 0. The molecule has 20 heavy (non-hydrogen) atoms. The van der Waals surface area contributed by atoms with E-state index in [0.29, 0.717) is 12.3 Å². The molecule has 0 saturated carbocycles. The third-order valence-electron chi connectivity index (χ3n) is 2.48. The quantitative estimate of drug-likeness (QED) is 0.937. The zero-order chi connectivity index (χ0) is 14.6. The van der Waals surface area contributed by atoms with Gasteiger partial charge in [0.25, 0.3) is 0 Å². The third kappa shape index (κ3) is 3.45. The Morgan fingerprint density at radius 1 is 1.10 bits per heavy atom. The van der Waals surface area contributed by atoms with Crippen molar-refractivity contribution in [1.29, 1.82) is 0 Å². The Balaban J connectivity index is 2.18. The molecular weight excluding hydrogens is 271 g/mol. The largest absolute Gasteiger partial charge is 0.437 e. The van der Waals surface area contributed by atoms with Gasteiger partial charge in [-0.15, -0.1) is 10.2 Å². The molecule has 0 aliphatic rings. The van der Waals surface area contributed by atoms with E-state index in [4.69, 9.17) is 4.74 Å². The lowest BCUT2D eigenvalue weighted by molar-refractivity contribution is -0.141.